The van der Waals surface area contributed by atoms with Gasteiger partial charge in [-0.2, -0.15) is 0 Å². The Balaban J connectivity index is 2.34. The topological polar surface area (TPSA) is 29.1 Å². The molecule has 0 aliphatic heterocycles. The van der Waals surface area contributed by atoms with Crippen LogP contribution in [0.15, 0.2) is 36.4 Å². The first-order chi connectivity index (χ1) is 7.72. The van der Waals surface area contributed by atoms with Gasteiger partial charge in [0.1, 0.15) is 0 Å². The van der Waals surface area contributed by atoms with Crippen LogP contribution in [-0.4, -0.2) is 18.3 Å². The van der Waals surface area contributed by atoms with Crippen LogP contribution in [0, 0.1) is 0 Å². The lowest BCUT2D eigenvalue weighted by Gasteiger charge is -2.02. The van der Waals surface area contributed by atoms with Crippen LogP contribution < -0.4 is 5.32 Å². The van der Waals surface area contributed by atoms with Crippen LogP contribution in [0.25, 0.3) is 0 Å². The molecule has 4 heteroatoms. The Hall–Kier alpha value is -0.990. The maximum absolute atomic E-state index is 11.4. The van der Waals surface area contributed by atoms with Crippen LogP contribution in [-0.2, 0) is 11.2 Å². The Kier molecular flexibility index (Phi) is 5.98. The van der Waals surface area contributed by atoms with E-state index in [0.29, 0.717) is 23.9 Å². The molecule has 0 unspecified atom stereocenters. The summed E-state index contributed by atoms with van der Waals surface area (Å²) in [5.74, 6) is 0.453. The number of carbonyl (C=O) groups excluding carboxylic acids is 1. The first-order valence-corrected chi connectivity index (χ1v) is 5.85. The molecule has 1 amide bonds. The van der Waals surface area contributed by atoms with E-state index in [9.17, 15) is 4.79 Å². The summed E-state index contributed by atoms with van der Waals surface area (Å²) in [5, 5.41) is 3.44. The standard InChI is InChI=1S/C12H13Cl2NO/c13-7-1-2-8-15-12(16)9-10-3-5-11(14)6-4-10/h1-6H,7-9H2,(H,15,16)/b2-1+. The van der Waals surface area contributed by atoms with Crippen LogP contribution in [0.2, 0.25) is 5.02 Å². The van der Waals surface area contributed by atoms with Gasteiger partial charge in [-0.3, -0.25) is 4.79 Å². The molecular formula is C12H13Cl2NO. The zero-order valence-corrected chi connectivity index (χ0v) is 10.3. The summed E-state index contributed by atoms with van der Waals surface area (Å²) in [6.45, 7) is 0.513. The molecule has 16 heavy (non-hydrogen) atoms. The highest BCUT2D eigenvalue weighted by molar-refractivity contribution is 6.30. The number of benzene rings is 1. The second-order valence-corrected chi connectivity index (χ2v) is 3.98. The van der Waals surface area contributed by atoms with Crippen LogP contribution in [0.3, 0.4) is 0 Å². The molecule has 0 bridgehead atoms. The normalized spacial score (nSPS) is 10.6. The zero-order chi connectivity index (χ0) is 11.8. The van der Waals surface area contributed by atoms with Gasteiger partial charge in [-0.25, -0.2) is 0 Å². The van der Waals surface area contributed by atoms with Crippen molar-refractivity contribution in [3.05, 3.63) is 47.0 Å². The van der Waals surface area contributed by atoms with Gasteiger partial charge in [0.25, 0.3) is 0 Å². The largest absolute Gasteiger partial charge is 0.352 e. The monoisotopic (exact) mass is 257 g/mol. The van der Waals surface area contributed by atoms with E-state index in [2.05, 4.69) is 5.32 Å². The third kappa shape index (κ3) is 5.19. The molecule has 0 spiro atoms. The van der Waals surface area contributed by atoms with Crippen molar-refractivity contribution >= 4 is 29.1 Å². The molecular weight excluding hydrogens is 245 g/mol. The van der Waals surface area contributed by atoms with Gasteiger partial charge in [0.05, 0.1) is 6.42 Å². The molecule has 0 aliphatic carbocycles. The number of hydrogen-bond acceptors (Lipinski definition) is 1. The van der Waals surface area contributed by atoms with E-state index in [1.165, 1.54) is 0 Å². The average Bonchev–Trinajstić information content (AvgIpc) is 2.28. The number of alkyl halides is 1. The minimum absolute atomic E-state index is 0.0125. The fourth-order valence-electron chi connectivity index (χ4n) is 1.17. The summed E-state index contributed by atoms with van der Waals surface area (Å²) < 4.78 is 0. The quantitative estimate of drug-likeness (QED) is 0.638. The fraction of sp³-hybridized carbons (Fsp3) is 0.250. The average molecular weight is 258 g/mol. The molecule has 0 fully saturated rings. The molecule has 0 saturated carbocycles. The Labute approximate surface area is 105 Å². The zero-order valence-electron chi connectivity index (χ0n) is 8.75. The van der Waals surface area contributed by atoms with Gasteiger partial charge >= 0.3 is 0 Å². The predicted molar refractivity (Wildman–Crippen MR) is 68.0 cm³/mol. The Morgan fingerprint density at radius 1 is 1.25 bits per heavy atom. The number of allylic oxidation sites excluding steroid dienone is 1. The highest BCUT2D eigenvalue weighted by atomic mass is 35.5. The third-order valence-electron chi connectivity index (χ3n) is 1.95. The van der Waals surface area contributed by atoms with Gasteiger partial charge in [-0.15, -0.1) is 11.6 Å². The minimum atomic E-state index is -0.0125. The van der Waals surface area contributed by atoms with Crippen molar-refractivity contribution in [2.75, 3.05) is 12.4 Å². The van der Waals surface area contributed by atoms with Crippen LogP contribution >= 0.6 is 23.2 Å². The van der Waals surface area contributed by atoms with E-state index < -0.39 is 0 Å². The molecule has 1 rings (SSSR count). The highest BCUT2D eigenvalue weighted by Crippen LogP contribution is 2.09. The first-order valence-electron chi connectivity index (χ1n) is 4.94. The minimum Gasteiger partial charge on any atom is -0.352 e. The van der Waals surface area contributed by atoms with E-state index in [0.717, 1.165) is 5.56 Å². The van der Waals surface area contributed by atoms with Gasteiger partial charge in [-0.05, 0) is 17.7 Å². The van der Waals surface area contributed by atoms with E-state index >= 15 is 0 Å². The van der Waals surface area contributed by atoms with Gasteiger partial charge in [0.15, 0.2) is 0 Å². The number of amides is 1. The second kappa shape index (κ2) is 7.31. The van der Waals surface area contributed by atoms with Gasteiger partial charge < -0.3 is 5.32 Å². The van der Waals surface area contributed by atoms with Crippen molar-refractivity contribution < 1.29 is 4.79 Å². The predicted octanol–water partition coefficient (Wildman–Crippen LogP) is 2.79. The highest BCUT2D eigenvalue weighted by Gasteiger charge is 2.01. The Morgan fingerprint density at radius 2 is 1.94 bits per heavy atom. The summed E-state index contributed by atoms with van der Waals surface area (Å²) in [7, 11) is 0. The smallest absolute Gasteiger partial charge is 0.224 e. The van der Waals surface area contributed by atoms with Crippen LogP contribution in [0.4, 0.5) is 0 Å². The molecule has 86 valence electrons. The number of halogens is 2. The van der Waals surface area contributed by atoms with Crippen LogP contribution in [0.5, 0.6) is 0 Å². The molecule has 0 atom stereocenters. The second-order valence-electron chi connectivity index (χ2n) is 3.23. The summed E-state index contributed by atoms with van der Waals surface area (Å²) in [6.07, 6.45) is 3.99. The van der Waals surface area contributed by atoms with Crippen LogP contribution in [0.1, 0.15) is 5.56 Å². The van der Waals surface area contributed by atoms with E-state index in [4.69, 9.17) is 23.2 Å². The molecule has 1 aromatic carbocycles. The van der Waals surface area contributed by atoms with Crippen molar-refractivity contribution in [3.63, 3.8) is 0 Å². The maximum Gasteiger partial charge on any atom is 0.224 e. The summed E-state index contributed by atoms with van der Waals surface area (Å²) >= 11 is 11.2. The lowest BCUT2D eigenvalue weighted by molar-refractivity contribution is -0.120. The molecule has 0 radical (unpaired) electrons. The molecule has 0 heterocycles. The van der Waals surface area contributed by atoms with Crippen molar-refractivity contribution in [1.82, 2.24) is 5.32 Å². The van der Waals surface area contributed by atoms with Crippen molar-refractivity contribution in [2.24, 2.45) is 0 Å². The molecule has 2 nitrogen and oxygen atoms in total. The summed E-state index contributed by atoms with van der Waals surface area (Å²) in [5.41, 5.74) is 0.947. The molecule has 0 aromatic heterocycles. The number of rotatable bonds is 5. The van der Waals surface area contributed by atoms with Crippen molar-refractivity contribution in [1.29, 1.82) is 0 Å². The number of hydrogen-bond donors (Lipinski definition) is 1. The Morgan fingerprint density at radius 3 is 2.56 bits per heavy atom. The van der Waals surface area contributed by atoms with E-state index in [1.807, 2.05) is 18.2 Å². The summed E-state index contributed by atoms with van der Waals surface area (Å²) in [6, 6.07) is 7.24. The fourth-order valence-corrected chi connectivity index (χ4v) is 1.42. The maximum atomic E-state index is 11.4. The number of nitrogens with one attached hydrogen (secondary N) is 1. The number of carbonyl (C=O) groups is 1. The first kappa shape index (κ1) is 13.1. The molecule has 0 aliphatic rings. The molecule has 1 aromatic rings. The van der Waals surface area contributed by atoms with Gasteiger partial charge in [0.2, 0.25) is 5.91 Å². The summed E-state index contributed by atoms with van der Waals surface area (Å²) in [4.78, 5) is 11.4. The van der Waals surface area contributed by atoms with Crippen molar-refractivity contribution in [2.45, 2.75) is 6.42 Å². The third-order valence-corrected chi connectivity index (χ3v) is 2.38. The van der Waals surface area contributed by atoms with E-state index in [1.54, 1.807) is 18.2 Å². The van der Waals surface area contributed by atoms with Gasteiger partial charge in [0, 0.05) is 17.4 Å². The Bertz CT molecular complexity index is 360. The molecule has 1 N–H and O–H groups in total. The SMILES string of the molecule is O=C(Cc1ccc(Cl)cc1)NC/C=C/CCl. The lowest BCUT2D eigenvalue weighted by atomic mass is 10.1. The van der Waals surface area contributed by atoms with E-state index in [-0.39, 0.29) is 5.91 Å². The van der Waals surface area contributed by atoms with Crippen molar-refractivity contribution in [3.8, 4) is 0 Å². The van der Waals surface area contributed by atoms with Gasteiger partial charge in [-0.1, -0.05) is 35.9 Å². The lowest BCUT2D eigenvalue weighted by Crippen LogP contribution is -2.25. The molecule has 0 saturated heterocycles.